The van der Waals surface area contributed by atoms with E-state index in [1.807, 2.05) is 12.1 Å². The highest BCUT2D eigenvalue weighted by Crippen LogP contribution is 2.32. The van der Waals surface area contributed by atoms with Crippen LogP contribution in [0.1, 0.15) is 17.0 Å². The lowest BCUT2D eigenvalue weighted by molar-refractivity contribution is 0.264. The largest absolute Gasteiger partial charge is 0.265 e. The second kappa shape index (κ2) is 5.20. The van der Waals surface area contributed by atoms with Crippen molar-refractivity contribution in [3.05, 3.63) is 59.7 Å². The lowest BCUT2D eigenvalue weighted by Crippen LogP contribution is -2.48. The fourth-order valence-corrected chi connectivity index (χ4v) is 4.26. The normalized spacial score (nSPS) is 16.7. The molecule has 1 fully saturated rings. The molecule has 0 saturated carbocycles. The van der Waals surface area contributed by atoms with E-state index < -0.39 is 15.8 Å². The first-order chi connectivity index (χ1) is 9.98. The van der Waals surface area contributed by atoms with Crippen molar-refractivity contribution < 1.29 is 12.8 Å². The molecule has 1 aliphatic rings. The number of hydrogen-bond donors (Lipinski definition) is 0. The Balaban J connectivity index is 1.79. The Kier molecular flexibility index (Phi) is 3.51. The van der Waals surface area contributed by atoms with Crippen molar-refractivity contribution in [1.29, 1.82) is 0 Å². The van der Waals surface area contributed by atoms with Crippen molar-refractivity contribution in [3.8, 4) is 0 Å². The highest BCUT2D eigenvalue weighted by molar-refractivity contribution is 7.89. The second-order valence-electron chi connectivity index (χ2n) is 5.21. The van der Waals surface area contributed by atoms with Crippen LogP contribution in [-0.4, -0.2) is 30.8 Å². The number of benzene rings is 1. The molecule has 1 aliphatic heterocycles. The first kappa shape index (κ1) is 14.2. The molecule has 1 aromatic heterocycles. The molecule has 0 radical (unpaired) electrons. The summed E-state index contributed by atoms with van der Waals surface area (Å²) in [7, 11) is -3.54. The predicted molar refractivity (Wildman–Crippen MR) is 76.9 cm³/mol. The predicted octanol–water partition coefficient (Wildman–Crippen LogP) is 2.32. The van der Waals surface area contributed by atoms with Gasteiger partial charge in [0.05, 0.1) is 4.90 Å². The average Bonchev–Trinajstić information content (AvgIpc) is 2.37. The van der Waals surface area contributed by atoms with Crippen LogP contribution in [-0.2, 0) is 10.0 Å². The van der Waals surface area contributed by atoms with Crippen LogP contribution in [0, 0.1) is 12.7 Å². The average molecular weight is 306 g/mol. The third-order valence-electron chi connectivity index (χ3n) is 3.78. The number of aryl methyl sites for hydroxylation is 1. The summed E-state index contributed by atoms with van der Waals surface area (Å²) in [5.74, 6) is -0.228. The second-order valence-corrected chi connectivity index (χ2v) is 7.12. The lowest BCUT2D eigenvalue weighted by Gasteiger charge is -2.38. The van der Waals surface area contributed by atoms with Gasteiger partial charge in [0.15, 0.2) is 0 Å². The standard InChI is InChI=1S/C15H15FN2O2S/c1-11-8-14(16)2-3-15(11)21(19,20)18-9-13(10-18)12-4-6-17-7-5-12/h2-8,13H,9-10H2,1H3. The Bertz CT molecular complexity index is 756. The molecule has 0 atom stereocenters. The van der Waals surface area contributed by atoms with Crippen LogP contribution in [0.25, 0.3) is 0 Å². The first-order valence-electron chi connectivity index (χ1n) is 6.65. The van der Waals surface area contributed by atoms with Gasteiger partial charge in [0.1, 0.15) is 5.82 Å². The highest BCUT2D eigenvalue weighted by atomic mass is 32.2. The third-order valence-corrected chi connectivity index (χ3v) is 5.77. The maximum Gasteiger partial charge on any atom is 0.243 e. The Hall–Kier alpha value is -1.79. The topological polar surface area (TPSA) is 50.3 Å². The van der Waals surface area contributed by atoms with Crippen molar-refractivity contribution in [2.45, 2.75) is 17.7 Å². The maximum absolute atomic E-state index is 13.1. The summed E-state index contributed by atoms with van der Waals surface area (Å²) in [6.07, 6.45) is 3.41. The molecule has 2 aromatic rings. The molecule has 0 spiro atoms. The van der Waals surface area contributed by atoms with E-state index in [1.54, 1.807) is 19.3 Å². The summed E-state index contributed by atoms with van der Waals surface area (Å²) >= 11 is 0. The minimum atomic E-state index is -3.54. The SMILES string of the molecule is Cc1cc(F)ccc1S(=O)(=O)N1CC(c2ccncc2)C1. The van der Waals surface area contributed by atoms with E-state index in [0.717, 1.165) is 5.56 Å². The number of rotatable bonds is 3. The van der Waals surface area contributed by atoms with Gasteiger partial charge in [-0.25, -0.2) is 12.8 Å². The quantitative estimate of drug-likeness (QED) is 0.874. The van der Waals surface area contributed by atoms with Crippen LogP contribution in [0.4, 0.5) is 4.39 Å². The summed E-state index contributed by atoms with van der Waals surface area (Å²) in [6, 6.07) is 7.56. The van der Waals surface area contributed by atoms with Crippen molar-refractivity contribution >= 4 is 10.0 Å². The van der Waals surface area contributed by atoms with Gasteiger partial charge in [0.2, 0.25) is 10.0 Å². The maximum atomic E-state index is 13.1. The first-order valence-corrected chi connectivity index (χ1v) is 8.09. The molecule has 6 heteroatoms. The molecule has 3 rings (SSSR count). The summed E-state index contributed by atoms with van der Waals surface area (Å²) in [5, 5.41) is 0. The molecule has 1 saturated heterocycles. The van der Waals surface area contributed by atoms with E-state index in [0.29, 0.717) is 18.7 Å². The van der Waals surface area contributed by atoms with Gasteiger partial charge in [0, 0.05) is 31.4 Å². The van der Waals surface area contributed by atoms with Gasteiger partial charge in [-0.2, -0.15) is 4.31 Å². The monoisotopic (exact) mass is 306 g/mol. The van der Waals surface area contributed by atoms with Crippen LogP contribution in [0.5, 0.6) is 0 Å². The fourth-order valence-electron chi connectivity index (χ4n) is 2.52. The van der Waals surface area contributed by atoms with E-state index in [1.165, 1.54) is 22.5 Å². The number of halogens is 1. The smallest absolute Gasteiger partial charge is 0.243 e. The van der Waals surface area contributed by atoms with Gasteiger partial charge in [-0.3, -0.25) is 4.98 Å². The van der Waals surface area contributed by atoms with Gasteiger partial charge < -0.3 is 0 Å². The molecule has 2 heterocycles. The molecule has 110 valence electrons. The van der Waals surface area contributed by atoms with E-state index in [4.69, 9.17) is 0 Å². The number of sulfonamides is 1. The van der Waals surface area contributed by atoms with Gasteiger partial charge in [-0.15, -0.1) is 0 Å². The molecule has 0 aliphatic carbocycles. The van der Waals surface area contributed by atoms with E-state index in [-0.39, 0.29) is 10.8 Å². The van der Waals surface area contributed by atoms with Crippen LogP contribution < -0.4 is 0 Å². The lowest BCUT2D eigenvalue weighted by atomic mass is 9.95. The van der Waals surface area contributed by atoms with Gasteiger partial charge in [-0.05, 0) is 48.4 Å². The molecule has 1 aromatic carbocycles. The minimum Gasteiger partial charge on any atom is -0.265 e. The highest BCUT2D eigenvalue weighted by Gasteiger charge is 2.37. The zero-order valence-corrected chi connectivity index (χ0v) is 12.3. The Morgan fingerprint density at radius 2 is 1.86 bits per heavy atom. The molecule has 0 N–H and O–H groups in total. The van der Waals surface area contributed by atoms with Crippen molar-refractivity contribution in [3.63, 3.8) is 0 Å². The molecular weight excluding hydrogens is 291 g/mol. The van der Waals surface area contributed by atoms with Crippen molar-refractivity contribution in [1.82, 2.24) is 9.29 Å². The van der Waals surface area contributed by atoms with Crippen molar-refractivity contribution in [2.75, 3.05) is 13.1 Å². The van der Waals surface area contributed by atoms with Gasteiger partial charge >= 0.3 is 0 Å². The number of hydrogen-bond acceptors (Lipinski definition) is 3. The fraction of sp³-hybridized carbons (Fsp3) is 0.267. The van der Waals surface area contributed by atoms with Crippen LogP contribution >= 0.6 is 0 Å². The van der Waals surface area contributed by atoms with Crippen LogP contribution in [0.3, 0.4) is 0 Å². The zero-order valence-electron chi connectivity index (χ0n) is 11.5. The molecule has 0 bridgehead atoms. The number of nitrogens with zero attached hydrogens (tertiary/aromatic N) is 2. The molecule has 0 amide bonds. The summed E-state index contributed by atoms with van der Waals surface area (Å²) in [4.78, 5) is 4.13. The Morgan fingerprint density at radius 3 is 2.48 bits per heavy atom. The van der Waals surface area contributed by atoms with E-state index in [9.17, 15) is 12.8 Å². The van der Waals surface area contributed by atoms with E-state index in [2.05, 4.69) is 4.98 Å². The van der Waals surface area contributed by atoms with Crippen LogP contribution in [0.15, 0.2) is 47.6 Å². The number of pyridine rings is 1. The molecule has 21 heavy (non-hydrogen) atoms. The van der Waals surface area contributed by atoms with Crippen LogP contribution in [0.2, 0.25) is 0 Å². The summed E-state index contributed by atoms with van der Waals surface area (Å²) in [5.41, 5.74) is 1.52. The summed E-state index contributed by atoms with van der Waals surface area (Å²) in [6.45, 7) is 2.50. The number of aromatic nitrogens is 1. The van der Waals surface area contributed by atoms with Gasteiger partial charge in [-0.1, -0.05) is 0 Å². The molecule has 0 unspecified atom stereocenters. The third kappa shape index (κ3) is 2.56. The Labute approximate surface area is 123 Å². The molecule has 4 nitrogen and oxygen atoms in total. The zero-order chi connectivity index (χ0) is 15.0. The van der Waals surface area contributed by atoms with E-state index >= 15 is 0 Å². The summed E-state index contributed by atoms with van der Waals surface area (Å²) < 4.78 is 39.6. The van der Waals surface area contributed by atoms with Crippen molar-refractivity contribution in [2.24, 2.45) is 0 Å². The Morgan fingerprint density at radius 1 is 1.19 bits per heavy atom. The minimum absolute atomic E-state index is 0.178. The van der Waals surface area contributed by atoms with Gasteiger partial charge in [0.25, 0.3) is 0 Å². The molecular formula is C15H15FN2O2S.